The fourth-order valence-electron chi connectivity index (χ4n) is 2.37. The van der Waals surface area contributed by atoms with Crippen molar-refractivity contribution in [2.24, 2.45) is 5.73 Å². The maximum absolute atomic E-state index is 12.1. The van der Waals surface area contributed by atoms with E-state index in [0.29, 0.717) is 6.54 Å². The van der Waals surface area contributed by atoms with Crippen molar-refractivity contribution in [2.45, 2.75) is 43.2 Å². The average molecular weight is 253 g/mol. The molecular formula is C13H19NO2S. The fraction of sp³-hybridized carbons (Fsp3) is 0.538. The number of hydrogen-bond acceptors (Lipinski definition) is 3. The fourth-order valence-corrected chi connectivity index (χ4v) is 4.31. The minimum absolute atomic E-state index is 0.114. The Balaban J connectivity index is 2.08. The molecule has 0 amide bonds. The van der Waals surface area contributed by atoms with Crippen molar-refractivity contribution in [3.05, 3.63) is 35.4 Å². The van der Waals surface area contributed by atoms with Gasteiger partial charge in [0, 0.05) is 6.54 Å². The van der Waals surface area contributed by atoms with E-state index in [-0.39, 0.29) is 11.0 Å². The van der Waals surface area contributed by atoms with Gasteiger partial charge in [0.2, 0.25) is 0 Å². The largest absolute Gasteiger partial charge is 0.326 e. The molecule has 0 radical (unpaired) electrons. The predicted octanol–water partition coefficient (Wildman–Crippen LogP) is 2.00. The highest BCUT2D eigenvalue weighted by molar-refractivity contribution is 7.91. The molecule has 0 heterocycles. The van der Waals surface area contributed by atoms with E-state index in [9.17, 15) is 8.42 Å². The average Bonchev–Trinajstić information content (AvgIpc) is 2.84. The van der Waals surface area contributed by atoms with Crippen LogP contribution < -0.4 is 5.73 Å². The molecule has 0 unspecified atom stereocenters. The van der Waals surface area contributed by atoms with Crippen LogP contribution in [0.5, 0.6) is 0 Å². The molecule has 1 aromatic rings. The molecule has 3 nitrogen and oxygen atoms in total. The number of hydrogen-bond donors (Lipinski definition) is 1. The van der Waals surface area contributed by atoms with Gasteiger partial charge in [0.1, 0.15) is 0 Å². The van der Waals surface area contributed by atoms with Gasteiger partial charge in [-0.15, -0.1) is 0 Å². The number of benzene rings is 1. The van der Waals surface area contributed by atoms with E-state index in [4.69, 9.17) is 5.73 Å². The first-order valence-electron chi connectivity index (χ1n) is 6.11. The van der Waals surface area contributed by atoms with Gasteiger partial charge in [0.15, 0.2) is 9.84 Å². The number of rotatable bonds is 4. The summed E-state index contributed by atoms with van der Waals surface area (Å²) in [5.74, 6) is 0.169. The Morgan fingerprint density at radius 2 is 1.59 bits per heavy atom. The van der Waals surface area contributed by atoms with Crippen LogP contribution >= 0.6 is 0 Å². The summed E-state index contributed by atoms with van der Waals surface area (Å²) >= 11 is 0. The van der Waals surface area contributed by atoms with Crippen molar-refractivity contribution in [3.8, 4) is 0 Å². The van der Waals surface area contributed by atoms with Crippen molar-refractivity contribution in [3.63, 3.8) is 0 Å². The first kappa shape index (κ1) is 12.6. The Morgan fingerprint density at radius 3 is 2.12 bits per heavy atom. The van der Waals surface area contributed by atoms with Crippen LogP contribution in [0.15, 0.2) is 24.3 Å². The third kappa shape index (κ3) is 3.07. The first-order valence-corrected chi connectivity index (χ1v) is 7.83. The topological polar surface area (TPSA) is 60.2 Å². The van der Waals surface area contributed by atoms with Crippen LogP contribution in [0.2, 0.25) is 0 Å². The summed E-state index contributed by atoms with van der Waals surface area (Å²) in [7, 11) is -2.96. The molecule has 0 atom stereocenters. The lowest BCUT2D eigenvalue weighted by molar-refractivity contribution is 0.579. The van der Waals surface area contributed by atoms with Crippen LogP contribution in [-0.2, 0) is 22.1 Å². The van der Waals surface area contributed by atoms with E-state index >= 15 is 0 Å². The van der Waals surface area contributed by atoms with Gasteiger partial charge in [-0.3, -0.25) is 0 Å². The third-order valence-corrected chi connectivity index (χ3v) is 5.66. The van der Waals surface area contributed by atoms with E-state index in [1.54, 1.807) is 0 Å². The summed E-state index contributed by atoms with van der Waals surface area (Å²) in [5, 5.41) is -0.114. The molecule has 4 heteroatoms. The van der Waals surface area contributed by atoms with Gasteiger partial charge in [0.05, 0.1) is 11.0 Å². The molecule has 0 bridgehead atoms. The summed E-state index contributed by atoms with van der Waals surface area (Å²) in [4.78, 5) is 0. The molecule has 2 rings (SSSR count). The molecule has 0 spiro atoms. The van der Waals surface area contributed by atoms with Crippen molar-refractivity contribution in [1.82, 2.24) is 0 Å². The van der Waals surface area contributed by atoms with Crippen LogP contribution in [0, 0.1) is 0 Å². The smallest absolute Gasteiger partial charge is 0.157 e. The van der Waals surface area contributed by atoms with Crippen LogP contribution in [-0.4, -0.2) is 13.7 Å². The Kier molecular flexibility index (Phi) is 3.84. The normalized spacial score (nSPS) is 17.5. The van der Waals surface area contributed by atoms with Gasteiger partial charge >= 0.3 is 0 Å². The molecular weight excluding hydrogens is 234 g/mol. The minimum atomic E-state index is -2.96. The van der Waals surface area contributed by atoms with Gasteiger partial charge in [-0.25, -0.2) is 8.42 Å². The minimum Gasteiger partial charge on any atom is -0.326 e. The molecule has 94 valence electrons. The summed E-state index contributed by atoms with van der Waals surface area (Å²) in [5.41, 5.74) is 7.41. The van der Waals surface area contributed by atoms with Crippen molar-refractivity contribution in [2.75, 3.05) is 0 Å². The molecule has 0 saturated heterocycles. The van der Waals surface area contributed by atoms with Gasteiger partial charge < -0.3 is 5.73 Å². The van der Waals surface area contributed by atoms with Gasteiger partial charge in [0.25, 0.3) is 0 Å². The quantitative estimate of drug-likeness (QED) is 0.893. The Labute approximate surface area is 103 Å². The molecule has 1 aliphatic rings. The van der Waals surface area contributed by atoms with E-state index in [1.165, 1.54) is 0 Å². The van der Waals surface area contributed by atoms with Crippen LogP contribution in [0.25, 0.3) is 0 Å². The highest BCUT2D eigenvalue weighted by atomic mass is 32.2. The van der Waals surface area contributed by atoms with Crippen LogP contribution in [0.4, 0.5) is 0 Å². The van der Waals surface area contributed by atoms with Gasteiger partial charge in [-0.2, -0.15) is 0 Å². The van der Waals surface area contributed by atoms with E-state index in [0.717, 1.165) is 36.8 Å². The van der Waals surface area contributed by atoms with Gasteiger partial charge in [-0.05, 0) is 24.0 Å². The van der Waals surface area contributed by atoms with Gasteiger partial charge in [-0.1, -0.05) is 37.1 Å². The van der Waals surface area contributed by atoms with Crippen molar-refractivity contribution >= 4 is 9.84 Å². The molecule has 2 N–H and O–H groups in total. The molecule has 1 aliphatic carbocycles. The Morgan fingerprint density at radius 1 is 1.06 bits per heavy atom. The molecule has 1 aromatic carbocycles. The Hall–Kier alpha value is -0.870. The lowest BCUT2D eigenvalue weighted by Crippen LogP contribution is -2.19. The lowest BCUT2D eigenvalue weighted by atomic mass is 10.1. The van der Waals surface area contributed by atoms with E-state index in [2.05, 4.69) is 0 Å². The van der Waals surface area contributed by atoms with Crippen LogP contribution in [0.1, 0.15) is 36.8 Å². The molecule has 0 aliphatic heterocycles. The second-order valence-electron chi connectivity index (χ2n) is 4.73. The lowest BCUT2D eigenvalue weighted by Gasteiger charge is -2.11. The second-order valence-corrected chi connectivity index (χ2v) is 7.02. The monoisotopic (exact) mass is 253 g/mol. The zero-order valence-electron chi connectivity index (χ0n) is 9.93. The van der Waals surface area contributed by atoms with Crippen molar-refractivity contribution < 1.29 is 8.42 Å². The molecule has 1 fully saturated rings. The molecule has 1 saturated carbocycles. The highest BCUT2D eigenvalue weighted by Gasteiger charge is 2.28. The van der Waals surface area contributed by atoms with E-state index < -0.39 is 9.84 Å². The van der Waals surface area contributed by atoms with Crippen LogP contribution in [0.3, 0.4) is 0 Å². The first-order chi connectivity index (χ1) is 8.12. The zero-order chi connectivity index (χ0) is 12.3. The number of sulfone groups is 1. The summed E-state index contributed by atoms with van der Waals surface area (Å²) in [6.45, 7) is 0.496. The number of nitrogens with two attached hydrogens (primary N) is 1. The highest BCUT2D eigenvalue weighted by Crippen LogP contribution is 2.27. The van der Waals surface area contributed by atoms with Crippen molar-refractivity contribution in [1.29, 1.82) is 0 Å². The second kappa shape index (κ2) is 5.19. The SMILES string of the molecule is NCc1ccc(CS(=O)(=O)C2CCCC2)cc1. The zero-order valence-corrected chi connectivity index (χ0v) is 10.7. The Bertz CT molecular complexity index is 459. The summed E-state index contributed by atoms with van der Waals surface area (Å²) < 4.78 is 24.3. The van der Waals surface area contributed by atoms with E-state index in [1.807, 2.05) is 24.3 Å². The molecule has 17 heavy (non-hydrogen) atoms. The standard InChI is InChI=1S/C13H19NO2S/c14-9-11-5-7-12(8-6-11)10-17(15,16)13-3-1-2-4-13/h5-8,13H,1-4,9-10,14H2. The maximum Gasteiger partial charge on any atom is 0.157 e. The summed E-state index contributed by atoms with van der Waals surface area (Å²) in [6.07, 6.45) is 3.78. The summed E-state index contributed by atoms with van der Waals surface area (Å²) in [6, 6.07) is 7.54. The maximum atomic E-state index is 12.1. The molecule has 0 aromatic heterocycles. The predicted molar refractivity (Wildman–Crippen MR) is 69.2 cm³/mol. The third-order valence-electron chi connectivity index (χ3n) is 3.44.